The van der Waals surface area contributed by atoms with Gasteiger partial charge in [0.2, 0.25) is 0 Å². The molecule has 5 heteroatoms. The lowest BCUT2D eigenvalue weighted by Crippen LogP contribution is -2.18. The molecule has 0 saturated heterocycles. The summed E-state index contributed by atoms with van der Waals surface area (Å²) in [6.45, 7) is 7.99. The van der Waals surface area contributed by atoms with E-state index in [1.165, 1.54) is 28.3 Å². The van der Waals surface area contributed by atoms with Gasteiger partial charge in [-0.15, -0.1) is 5.10 Å². The average molecular weight is 276 g/mol. The molecule has 0 aliphatic rings. The Balaban J connectivity index is 2.15. The first-order valence-corrected chi connectivity index (χ1v) is 7.22. The largest absolute Gasteiger partial charge is 0.374 e. The molecular formula is C14H20N4S. The Hall–Kier alpha value is -1.62. The van der Waals surface area contributed by atoms with Gasteiger partial charge in [-0.05, 0) is 44.0 Å². The van der Waals surface area contributed by atoms with E-state index in [1.54, 1.807) is 0 Å². The van der Waals surface area contributed by atoms with Gasteiger partial charge in [0.25, 0.3) is 0 Å². The van der Waals surface area contributed by atoms with Crippen LogP contribution in [0, 0.1) is 13.8 Å². The molecule has 0 aliphatic heterocycles. The molecule has 0 bridgehead atoms. The van der Waals surface area contributed by atoms with Crippen LogP contribution < -0.4 is 10.2 Å². The second-order valence-electron chi connectivity index (χ2n) is 4.78. The van der Waals surface area contributed by atoms with E-state index in [-0.39, 0.29) is 0 Å². The quantitative estimate of drug-likeness (QED) is 0.910. The van der Waals surface area contributed by atoms with Crippen molar-refractivity contribution in [2.45, 2.75) is 27.3 Å². The third-order valence-electron chi connectivity index (χ3n) is 2.93. The summed E-state index contributed by atoms with van der Waals surface area (Å²) >= 11 is 1.42. The van der Waals surface area contributed by atoms with E-state index in [2.05, 4.69) is 65.8 Å². The minimum atomic E-state index is 0.766. The fourth-order valence-corrected chi connectivity index (χ4v) is 2.73. The lowest BCUT2D eigenvalue weighted by Gasteiger charge is -2.19. The molecule has 0 amide bonds. The third kappa shape index (κ3) is 3.44. The van der Waals surface area contributed by atoms with Gasteiger partial charge in [0.15, 0.2) is 0 Å². The van der Waals surface area contributed by atoms with Gasteiger partial charge in [-0.1, -0.05) is 10.6 Å². The molecule has 1 aromatic heterocycles. The smallest absolute Gasteiger partial charge is 0.135 e. The van der Waals surface area contributed by atoms with Crippen molar-refractivity contribution in [2.24, 2.45) is 0 Å². The molecule has 19 heavy (non-hydrogen) atoms. The average Bonchev–Trinajstić information content (AvgIpc) is 2.76. The van der Waals surface area contributed by atoms with E-state index in [0.29, 0.717) is 0 Å². The maximum absolute atomic E-state index is 4.21. The van der Waals surface area contributed by atoms with E-state index in [1.807, 2.05) is 0 Å². The highest BCUT2D eigenvalue weighted by atomic mass is 32.1. The van der Waals surface area contributed by atoms with Crippen molar-refractivity contribution in [3.63, 3.8) is 0 Å². The minimum Gasteiger partial charge on any atom is -0.374 e. The van der Waals surface area contributed by atoms with Crippen molar-refractivity contribution in [2.75, 3.05) is 23.8 Å². The summed E-state index contributed by atoms with van der Waals surface area (Å²) in [5, 5.41) is 8.58. The van der Waals surface area contributed by atoms with Crippen LogP contribution >= 0.6 is 11.5 Å². The summed E-state index contributed by atoms with van der Waals surface area (Å²) in [7, 11) is 2.09. The number of hydrogen-bond donors (Lipinski definition) is 1. The number of anilines is 2. The highest BCUT2D eigenvalue weighted by Crippen LogP contribution is 2.23. The zero-order valence-corrected chi connectivity index (χ0v) is 12.7. The molecule has 102 valence electrons. The molecule has 0 aliphatic carbocycles. The first-order chi connectivity index (χ1) is 9.10. The zero-order chi connectivity index (χ0) is 13.8. The topological polar surface area (TPSA) is 41.1 Å². The summed E-state index contributed by atoms with van der Waals surface area (Å²) in [6, 6.07) is 6.57. The summed E-state index contributed by atoms with van der Waals surface area (Å²) in [4.78, 5) is 2.21. The van der Waals surface area contributed by atoms with Gasteiger partial charge in [-0.3, -0.25) is 0 Å². The summed E-state index contributed by atoms with van der Waals surface area (Å²) in [5.41, 5.74) is 4.79. The Bertz CT molecular complexity index is 530. The fraction of sp³-hybridized carbons (Fsp3) is 0.429. The van der Waals surface area contributed by atoms with Gasteiger partial charge < -0.3 is 10.2 Å². The van der Waals surface area contributed by atoms with Gasteiger partial charge in [0, 0.05) is 30.8 Å². The van der Waals surface area contributed by atoms with Crippen LogP contribution in [-0.4, -0.2) is 23.2 Å². The first-order valence-electron chi connectivity index (χ1n) is 6.44. The maximum atomic E-state index is 4.21. The van der Waals surface area contributed by atoms with Crippen LogP contribution in [-0.2, 0) is 6.54 Å². The van der Waals surface area contributed by atoms with Crippen LogP contribution in [0.15, 0.2) is 18.2 Å². The van der Waals surface area contributed by atoms with E-state index < -0.39 is 0 Å². The summed E-state index contributed by atoms with van der Waals surface area (Å²) < 4.78 is 4.03. The van der Waals surface area contributed by atoms with Crippen molar-refractivity contribution in [1.82, 2.24) is 9.59 Å². The molecule has 1 N–H and O–H groups in total. The van der Waals surface area contributed by atoms with Crippen LogP contribution in [0.25, 0.3) is 0 Å². The number of aryl methyl sites for hydroxylation is 2. The van der Waals surface area contributed by atoms with E-state index in [9.17, 15) is 0 Å². The van der Waals surface area contributed by atoms with E-state index in [0.717, 1.165) is 23.8 Å². The Kier molecular flexibility index (Phi) is 4.37. The number of aromatic nitrogens is 2. The maximum Gasteiger partial charge on any atom is 0.135 e. The van der Waals surface area contributed by atoms with Gasteiger partial charge >= 0.3 is 0 Å². The monoisotopic (exact) mass is 276 g/mol. The molecule has 1 heterocycles. The van der Waals surface area contributed by atoms with Crippen LogP contribution in [0.1, 0.15) is 23.7 Å². The standard InChI is InChI=1S/C14H20N4S/c1-5-15-14-13(16-17-19-14)9-18(4)12-7-10(2)6-11(3)8-12/h6-8,15H,5,9H2,1-4H3. The van der Waals surface area contributed by atoms with Crippen LogP contribution in [0.2, 0.25) is 0 Å². The number of hydrogen-bond acceptors (Lipinski definition) is 5. The van der Waals surface area contributed by atoms with Crippen molar-refractivity contribution in [3.8, 4) is 0 Å². The molecule has 0 radical (unpaired) electrons. The Labute approximate surface area is 118 Å². The second kappa shape index (κ2) is 6.02. The molecule has 0 unspecified atom stereocenters. The second-order valence-corrected chi connectivity index (χ2v) is 5.54. The van der Waals surface area contributed by atoms with Gasteiger partial charge in [0.1, 0.15) is 10.7 Å². The lowest BCUT2D eigenvalue weighted by molar-refractivity contribution is 0.871. The SMILES string of the molecule is CCNc1snnc1CN(C)c1cc(C)cc(C)c1. The Morgan fingerprint density at radius 3 is 2.53 bits per heavy atom. The fourth-order valence-electron chi connectivity index (χ4n) is 2.09. The van der Waals surface area contributed by atoms with Gasteiger partial charge in [-0.2, -0.15) is 0 Å². The van der Waals surface area contributed by atoms with Crippen LogP contribution in [0.5, 0.6) is 0 Å². The van der Waals surface area contributed by atoms with Crippen LogP contribution in [0.4, 0.5) is 10.7 Å². The molecule has 0 saturated carbocycles. The summed E-state index contributed by atoms with van der Waals surface area (Å²) in [6.07, 6.45) is 0. The lowest BCUT2D eigenvalue weighted by atomic mass is 10.1. The van der Waals surface area contributed by atoms with Crippen LogP contribution in [0.3, 0.4) is 0 Å². The zero-order valence-electron chi connectivity index (χ0n) is 11.9. The highest BCUT2D eigenvalue weighted by molar-refractivity contribution is 7.10. The molecule has 2 aromatic rings. The first kappa shape index (κ1) is 13.8. The number of benzene rings is 1. The van der Waals surface area contributed by atoms with Gasteiger partial charge in [-0.25, -0.2) is 0 Å². The van der Waals surface area contributed by atoms with Crippen molar-refractivity contribution >= 4 is 22.2 Å². The van der Waals surface area contributed by atoms with E-state index >= 15 is 0 Å². The predicted octanol–water partition coefficient (Wildman–Crippen LogP) is 3.22. The molecule has 0 atom stereocenters. The predicted molar refractivity (Wildman–Crippen MR) is 82.1 cm³/mol. The Morgan fingerprint density at radius 2 is 1.89 bits per heavy atom. The summed E-state index contributed by atoms with van der Waals surface area (Å²) in [5.74, 6) is 0. The minimum absolute atomic E-state index is 0.766. The normalized spacial score (nSPS) is 10.5. The molecule has 0 spiro atoms. The molecule has 0 fully saturated rings. The molecule has 4 nitrogen and oxygen atoms in total. The number of nitrogens with one attached hydrogen (secondary N) is 1. The Morgan fingerprint density at radius 1 is 1.21 bits per heavy atom. The van der Waals surface area contributed by atoms with Gasteiger partial charge in [0.05, 0.1) is 6.54 Å². The van der Waals surface area contributed by atoms with E-state index in [4.69, 9.17) is 0 Å². The molecule has 2 rings (SSSR count). The number of nitrogens with zero attached hydrogens (tertiary/aromatic N) is 3. The molecular weight excluding hydrogens is 256 g/mol. The van der Waals surface area contributed by atoms with Crippen molar-refractivity contribution < 1.29 is 0 Å². The number of rotatable bonds is 5. The molecule has 1 aromatic carbocycles. The third-order valence-corrected chi connectivity index (χ3v) is 3.65. The van der Waals surface area contributed by atoms with Crippen molar-refractivity contribution in [1.29, 1.82) is 0 Å². The highest BCUT2D eigenvalue weighted by Gasteiger charge is 2.11. The van der Waals surface area contributed by atoms with Crippen molar-refractivity contribution in [3.05, 3.63) is 35.0 Å².